The summed E-state index contributed by atoms with van der Waals surface area (Å²) in [5.74, 6) is -0.354. The van der Waals surface area contributed by atoms with E-state index in [4.69, 9.17) is 0 Å². The Morgan fingerprint density at radius 1 is 1.15 bits per heavy atom. The normalized spacial score (nSPS) is 11.3. The molecule has 0 saturated carbocycles. The van der Waals surface area contributed by atoms with Crippen molar-refractivity contribution in [1.29, 1.82) is 0 Å². The van der Waals surface area contributed by atoms with Gasteiger partial charge in [-0.1, -0.05) is 17.4 Å². The van der Waals surface area contributed by atoms with E-state index in [0.717, 1.165) is 28.8 Å². The third-order valence-corrected chi connectivity index (χ3v) is 5.67. The first-order chi connectivity index (χ1) is 12.8. The van der Waals surface area contributed by atoms with E-state index >= 15 is 0 Å². The fraction of sp³-hybridized carbons (Fsp3) is 0.333. The second kappa shape index (κ2) is 8.15. The fourth-order valence-electron chi connectivity index (χ4n) is 2.91. The Balaban J connectivity index is 1.95. The maximum atomic E-state index is 13.5. The fourth-order valence-corrected chi connectivity index (χ4v) is 3.92. The summed E-state index contributed by atoms with van der Waals surface area (Å²) in [5.41, 5.74) is 3.61. The molecule has 1 heterocycles. The van der Waals surface area contributed by atoms with Gasteiger partial charge in [0.15, 0.2) is 5.13 Å². The SMILES string of the molecule is Cc1ccc(C(=O)N(CCC[NH+](C)C)c2nc3ccc(F)cc3s2)cc1C. The lowest BCUT2D eigenvalue weighted by atomic mass is 10.1. The molecule has 3 aromatic rings. The molecule has 1 N–H and O–H groups in total. The Labute approximate surface area is 163 Å². The molecule has 4 nitrogen and oxygen atoms in total. The van der Waals surface area contributed by atoms with E-state index in [1.807, 2.05) is 32.0 Å². The van der Waals surface area contributed by atoms with Crippen molar-refractivity contribution >= 4 is 32.6 Å². The van der Waals surface area contributed by atoms with Gasteiger partial charge in [-0.2, -0.15) is 0 Å². The minimum Gasteiger partial charge on any atom is -0.340 e. The molecule has 0 aliphatic heterocycles. The van der Waals surface area contributed by atoms with E-state index in [9.17, 15) is 9.18 Å². The van der Waals surface area contributed by atoms with Crippen molar-refractivity contribution in [3.05, 3.63) is 58.9 Å². The molecule has 0 bridgehead atoms. The number of aryl methyl sites for hydroxylation is 2. The van der Waals surface area contributed by atoms with Gasteiger partial charge in [-0.3, -0.25) is 9.69 Å². The maximum Gasteiger partial charge on any atom is 0.260 e. The number of fused-ring (bicyclic) bond motifs is 1. The molecular formula is C21H25FN3OS+. The first kappa shape index (κ1) is 19.5. The molecule has 0 spiro atoms. The van der Waals surface area contributed by atoms with Crippen LogP contribution in [0.5, 0.6) is 0 Å². The second-order valence-electron chi connectivity index (χ2n) is 7.17. The summed E-state index contributed by atoms with van der Waals surface area (Å²) in [7, 11) is 4.19. The number of benzene rings is 2. The number of hydrogen-bond acceptors (Lipinski definition) is 3. The molecule has 1 amide bonds. The Hall–Kier alpha value is -2.31. The Bertz CT molecular complexity index is 967. The van der Waals surface area contributed by atoms with Crippen LogP contribution in [0.25, 0.3) is 10.2 Å². The number of anilines is 1. The van der Waals surface area contributed by atoms with E-state index in [2.05, 4.69) is 19.1 Å². The van der Waals surface area contributed by atoms with Crippen molar-refractivity contribution in [1.82, 2.24) is 4.98 Å². The standard InChI is InChI=1S/C21H24FN3OS/c1-14-6-7-16(12-15(14)2)20(26)25(11-5-10-24(3)4)21-23-18-9-8-17(22)13-19(18)27-21/h6-9,12-13H,5,10-11H2,1-4H3/p+1. The zero-order chi connectivity index (χ0) is 19.6. The van der Waals surface area contributed by atoms with Crippen LogP contribution < -0.4 is 9.80 Å². The highest BCUT2D eigenvalue weighted by Crippen LogP contribution is 2.30. The van der Waals surface area contributed by atoms with Gasteiger partial charge in [-0.15, -0.1) is 0 Å². The zero-order valence-electron chi connectivity index (χ0n) is 16.2. The summed E-state index contributed by atoms with van der Waals surface area (Å²) in [6.07, 6.45) is 0.864. The van der Waals surface area contributed by atoms with Crippen molar-refractivity contribution in [2.75, 3.05) is 32.1 Å². The summed E-state index contributed by atoms with van der Waals surface area (Å²) < 4.78 is 14.3. The summed E-state index contributed by atoms with van der Waals surface area (Å²) >= 11 is 1.36. The van der Waals surface area contributed by atoms with E-state index in [1.54, 1.807) is 11.0 Å². The van der Waals surface area contributed by atoms with E-state index in [-0.39, 0.29) is 11.7 Å². The molecule has 0 aliphatic rings. The molecule has 0 aliphatic carbocycles. The average molecular weight is 387 g/mol. The number of quaternary nitrogens is 1. The van der Waals surface area contributed by atoms with Crippen LogP contribution in [-0.4, -0.2) is 38.1 Å². The molecule has 142 valence electrons. The number of amides is 1. The number of carbonyl (C=O) groups is 1. The van der Waals surface area contributed by atoms with Crippen LogP contribution in [0.4, 0.5) is 9.52 Å². The first-order valence-electron chi connectivity index (χ1n) is 9.09. The number of aromatic nitrogens is 1. The Morgan fingerprint density at radius 2 is 1.93 bits per heavy atom. The molecule has 3 rings (SSSR count). The summed E-state index contributed by atoms with van der Waals surface area (Å²) in [4.78, 5) is 20.9. The number of halogens is 1. The molecule has 27 heavy (non-hydrogen) atoms. The number of nitrogens with one attached hydrogen (secondary N) is 1. The van der Waals surface area contributed by atoms with Crippen molar-refractivity contribution in [3.8, 4) is 0 Å². The number of thiazole rings is 1. The molecule has 0 atom stereocenters. The second-order valence-corrected chi connectivity index (χ2v) is 8.18. The first-order valence-corrected chi connectivity index (χ1v) is 9.91. The lowest BCUT2D eigenvalue weighted by Gasteiger charge is -2.21. The van der Waals surface area contributed by atoms with E-state index in [1.165, 1.54) is 28.4 Å². The minimum atomic E-state index is -0.291. The Morgan fingerprint density at radius 3 is 2.63 bits per heavy atom. The summed E-state index contributed by atoms with van der Waals surface area (Å²) in [6.45, 7) is 5.57. The average Bonchev–Trinajstić information content (AvgIpc) is 3.03. The predicted molar refractivity (Wildman–Crippen MR) is 109 cm³/mol. The third-order valence-electron chi connectivity index (χ3n) is 4.63. The highest BCUT2D eigenvalue weighted by atomic mass is 32.1. The van der Waals surface area contributed by atoms with Crippen molar-refractivity contribution < 1.29 is 14.1 Å². The van der Waals surface area contributed by atoms with Crippen LogP contribution in [0.2, 0.25) is 0 Å². The predicted octanol–water partition coefficient (Wildman–Crippen LogP) is 3.23. The maximum absolute atomic E-state index is 13.5. The van der Waals surface area contributed by atoms with Crippen molar-refractivity contribution in [2.24, 2.45) is 0 Å². The highest BCUT2D eigenvalue weighted by molar-refractivity contribution is 7.22. The van der Waals surface area contributed by atoms with Gasteiger partial charge in [0.25, 0.3) is 5.91 Å². The molecule has 0 saturated heterocycles. The van der Waals surface area contributed by atoms with Crippen molar-refractivity contribution in [3.63, 3.8) is 0 Å². The van der Waals surface area contributed by atoms with Gasteiger partial charge in [0.05, 0.1) is 30.9 Å². The van der Waals surface area contributed by atoms with Gasteiger partial charge in [-0.25, -0.2) is 9.37 Å². The largest absolute Gasteiger partial charge is 0.340 e. The molecule has 0 fully saturated rings. The van der Waals surface area contributed by atoms with Gasteiger partial charge in [0.1, 0.15) is 5.82 Å². The summed E-state index contributed by atoms with van der Waals surface area (Å²) in [5, 5.41) is 0.618. The van der Waals surface area contributed by atoms with Crippen LogP contribution in [0.3, 0.4) is 0 Å². The molecule has 0 unspecified atom stereocenters. The minimum absolute atomic E-state index is 0.0635. The lowest BCUT2D eigenvalue weighted by molar-refractivity contribution is -0.858. The smallest absolute Gasteiger partial charge is 0.260 e. The van der Waals surface area contributed by atoms with Crippen LogP contribution in [0.1, 0.15) is 27.9 Å². The van der Waals surface area contributed by atoms with Crippen LogP contribution >= 0.6 is 11.3 Å². The van der Waals surface area contributed by atoms with Gasteiger partial charge in [-0.05, 0) is 55.3 Å². The van der Waals surface area contributed by atoms with Crippen molar-refractivity contribution in [2.45, 2.75) is 20.3 Å². The number of rotatable bonds is 6. The number of nitrogens with zero attached hydrogens (tertiary/aromatic N) is 2. The topological polar surface area (TPSA) is 37.6 Å². The third kappa shape index (κ3) is 4.51. The highest BCUT2D eigenvalue weighted by Gasteiger charge is 2.22. The molecule has 6 heteroatoms. The summed E-state index contributed by atoms with van der Waals surface area (Å²) in [6, 6.07) is 10.3. The van der Waals surface area contributed by atoms with Gasteiger partial charge in [0, 0.05) is 18.5 Å². The lowest BCUT2D eigenvalue weighted by Crippen LogP contribution is -3.05. The van der Waals surface area contributed by atoms with Crippen LogP contribution in [0.15, 0.2) is 36.4 Å². The van der Waals surface area contributed by atoms with Gasteiger partial charge >= 0.3 is 0 Å². The Kier molecular flexibility index (Phi) is 5.87. The van der Waals surface area contributed by atoms with E-state index < -0.39 is 0 Å². The quantitative estimate of drug-likeness (QED) is 0.706. The van der Waals surface area contributed by atoms with E-state index in [0.29, 0.717) is 22.8 Å². The molecular weight excluding hydrogens is 361 g/mol. The molecule has 2 aromatic carbocycles. The molecule has 0 radical (unpaired) electrons. The zero-order valence-corrected chi connectivity index (χ0v) is 17.0. The molecule has 1 aromatic heterocycles. The van der Waals surface area contributed by atoms with Crippen LogP contribution in [0, 0.1) is 19.7 Å². The number of carbonyl (C=O) groups excluding carboxylic acids is 1. The number of hydrogen-bond donors (Lipinski definition) is 1. The van der Waals surface area contributed by atoms with Gasteiger partial charge < -0.3 is 4.90 Å². The monoisotopic (exact) mass is 386 g/mol. The van der Waals surface area contributed by atoms with Gasteiger partial charge in [0.2, 0.25) is 0 Å². The van der Waals surface area contributed by atoms with Crippen LogP contribution in [-0.2, 0) is 0 Å².